The van der Waals surface area contributed by atoms with Crippen LogP contribution in [0.15, 0.2) is 34.2 Å². The topological polar surface area (TPSA) is 99.8 Å². The van der Waals surface area contributed by atoms with Crippen LogP contribution < -0.4 is 15.8 Å². The van der Waals surface area contributed by atoms with Crippen LogP contribution >= 0.6 is 24.0 Å². The Morgan fingerprint density at radius 1 is 1.21 bits per heavy atom. The van der Waals surface area contributed by atoms with Gasteiger partial charge in [0.05, 0.1) is 4.90 Å². The van der Waals surface area contributed by atoms with Crippen LogP contribution in [-0.2, 0) is 16.4 Å². The van der Waals surface area contributed by atoms with Gasteiger partial charge < -0.3 is 15.5 Å². The summed E-state index contributed by atoms with van der Waals surface area (Å²) in [5.74, 6) is 1.70. The number of hydrogen-bond acceptors (Lipinski definition) is 4. The standard InChI is InChI=1S/C20H35N5O2S.HI/c1-3-22-20(23-12-4-14-25-15-10-17(2)11-16-25)24-13-9-18-5-7-19(8-6-18)28(21,26)27;/h5-8,17H,3-4,9-16H2,1-2H3,(H2,21,26,27)(H2,22,23,24);1H. The van der Waals surface area contributed by atoms with E-state index in [1.165, 1.54) is 25.9 Å². The van der Waals surface area contributed by atoms with Crippen LogP contribution in [0.4, 0.5) is 0 Å². The second kappa shape index (κ2) is 13.4. The second-order valence-electron chi connectivity index (χ2n) is 7.50. The van der Waals surface area contributed by atoms with Gasteiger partial charge in [-0.05, 0) is 75.9 Å². The number of rotatable bonds is 9. The molecular formula is C20H36IN5O2S. The van der Waals surface area contributed by atoms with Crippen LogP contribution in [0.3, 0.4) is 0 Å². The average Bonchev–Trinajstić information content (AvgIpc) is 2.66. The highest BCUT2D eigenvalue weighted by Crippen LogP contribution is 2.15. The van der Waals surface area contributed by atoms with Gasteiger partial charge in [-0.25, -0.2) is 13.6 Å². The number of halogens is 1. The molecule has 9 heteroatoms. The first-order valence-electron chi connectivity index (χ1n) is 10.2. The fourth-order valence-electron chi connectivity index (χ4n) is 3.28. The van der Waals surface area contributed by atoms with E-state index in [9.17, 15) is 8.42 Å². The smallest absolute Gasteiger partial charge is 0.238 e. The van der Waals surface area contributed by atoms with Gasteiger partial charge in [0.15, 0.2) is 5.96 Å². The molecule has 0 unspecified atom stereocenters. The summed E-state index contributed by atoms with van der Waals surface area (Å²) in [4.78, 5) is 7.35. The third kappa shape index (κ3) is 10.1. The van der Waals surface area contributed by atoms with E-state index in [-0.39, 0.29) is 28.9 Å². The summed E-state index contributed by atoms with van der Waals surface area (Å²) in [7, 11) is -3.63. The summed E-state index contributed by atoms with van der Waals surface area (Å²) in [6.45, 7) is 10.3. The number of aliphatic imine (C=N–C) groups is 1. The largest absolute Gasteiger partial charge is 0.357 e. The highest BCUT2D eigenvalue weighted by Gasteiger charge is 2.14. The monoisotopic (exact) mass is 537 g/mol. The lowest BCUT2D eigenvalue weighted by atomic mass is 9.99. The minimum absolute atomic E-state index is 0. The SMILES string of the molecule is CCNC(=NCCCN1CCC(C)CC1)NCCc1ccc(S(N)(=O)=O)cc1.I. The van der Waals surface area contributed by atoms with Crippen molar-refractivity contribution < 1.29 is 8.42 Å². The third-order valence-corrected chi connectivity index (χ3v) is 6.01. The van der Waals surface area contributed by atoms with Gasteiger partial charge in [0.2, 0.25) is 10.0 Å². The van der Waals surface area contributed by atoms with Crippen LogP contribution in [-0.4, -0.2) is 58.5 Å². The molecule has 2 rings (SSSR count). The number of piperidine rings is 1. The maximum Gasteiger partial charge on any atom is 0.238 e. The lowest BCUT2D eigenvalue weighted by Crippen LogP contribution is -2.38. The Labute approximate surface area is 193 Å². The first-order chi connectivity index (χ1) is 13.4. The molecule has 0 atom stereocenters. The lowest BCUT2D eigenvalue weighted by Gasteiger charge is -2.29. The van der Waals surface area contributed by atoms with Crippen molar-refractivity contribution in [2.24, 2.45) is 16.0 Å². The zero-order valence-corrected chi connectivity index (χ0v) is 20.7. The van der Waals surface area contributed by atoms with Crippen LogP contribution in [0.25, 0.3) is 0 Å². The van der Waals surface area contributed by atoms with E-state index >= 15 is 0 Å². The molecule has 0 saturated carbocycles. The first-order valence-corrected chi connectivity index (χ1v) is 11.8. The number of guanidine groups is 1. The summed E-state index contributed by atoms with van der Waals surface area (Å²) in [6, 6.07) is 6.69. The number of nitrogens with one attached hydrogen (secondary N) is 2. The van der Waals surface area contributed by atoms with Crippen LogP contribution in [0, 0.1) is 5.92 Å². The van der Waals surface area contributed by atoms with Crippen molar-refractivity contribution in [1.82, 2.24) is 15.5 Å². The second-order valence-corrected chi connectivity index (χ2v) is 9.07. The predicted molar refractivity (Wildman–Crippen MR) is 130 cm³/mol. The fraction of sp³-hybridized carbons (Fsp3) is 0.650. The molecule has 1 saturated heterocycles. The molecule has 7 nitrogen and oxygen atoms in total. The zero-order valence-electron chi connectivity index (χ0n) is 17.6. The van der Waals surface area contributed by atoms with Crippen molar-refractivity contribution in [3.63, 3.8) is 0 Å². The van der Waals surface area contributed by atoms with E-state index in [2.05, 4.69) is 34.4 Å². The molecule has 166 valence electrons. The predicted octanol–water partition coefficient (Wildman–Crippen LogP) is 2.17. The zero-order chi connectivity index (χ0) is 20.4. The summed E-state index contributed by atoms with van der Waals surface area (Å²) >= 11 is 0. The van der Waals surface area contributed by atoms with Gasteiger partial charge in [0.1, 0.15) is 0 Å². The molecule has 4 N–H and O–H groups in total. The number of benzene rings is 1. The minimum atomic E-state index is -3.63. The number of hydrogen-bond donors (Lipinski definition) is 3. The number of sulfonamides is 1. The summed E-state index contributed by atoms with van der Waals surface area (Å²) in [5, 5.41) is 11.7. The van der Waals surface area contributed by atoms with E-state index < -0.39 is 10.0 Å². The number of nitrogens with two attached hydrogens (primary N) is 1. The van der Waals surface area contributed by atoms with E-state index in [1.54, 1.807) is 24.3 Å². The average molecular weight is 538 g/mol. The van der Waals surface area contributed by atoms with Gasteiger partial charge in [-0.15, -0.1) is 24.0 Å². The van der Waals surface area contributed by atoms with Crippen molar-refractivity contribution >= 4 is 40.0 Å². The summed E-state index contributed by atoms with van der Waals surface area (Å²) in [6.07, 6.45) is 4.47. The van der Waals surface area contributed by atoms with Crippen molar-refractivity contribution in [3.05, 3.63) is 29.8 Å². The van der Waals surface area contributed by atoms with Gasteiger partial charge in [-0.2, -0.15) is 0 Å². The van der Waals surface area contributed by atoms with E-state index in [0.29, 0.717) is 0 Å². The Morgan fingerprint density at radius 2 is 1.86 bits per heavy atom. The maximum absolute atomic E-state index is 11.3. The minimum Gasteiger partial charge on any atom is -0.357 e. The molecule has 0 bridgehead atoms. The number of likely N-dealkylation sites (tertiary alicyclic amines) is 1. The quantitative estimate of drug-likeness (QED) is 0.194. The molecule has 0 radical (unpaired) electrons. The molecule has 1 aromatic rings. The van der Waals surface area contributed by atoms with Crippen LogP contribution in [0.2, 0.25) is 0 Å². The summed E-state index contributed by atoms with van der Waals surface area (Å²) in [5.41, 5.74) is 1.05. The summed E-state index contributed by atoms with van der Waals surface area (Å²) < 4.78 is 22.6. The molecular weight excluding hydrogens is 501 g/mol. The van der Waals surface area contributed by atoms with Crippen LogP contribution in [0.5, 0.6) is 0 Å². The van der Waals surface area contributed by atoms with Crippen molar-refractivity contribution in [2.45, 2.75) is 44.4 Å². The lowest BCUT2D eigenvalue weighted by molar-refractivity contribution is 0.192. The molecule has 1 fully saturated rings. The fourth-order valence-corrected chi connectivity index (χ4v) is 3.80. The number of nitrogens with zero attached hydrogens (tertiary/aromatic N) is 2. The Kier molecular flexibility index (Phi) is 12.1. The normalized spacial score (nSPS) is 16.3. The Morgan fingerprint density at radius 3 is 2.45 bits per heavy atom. The highest BCUT2D eigenvalue weighted by molar-refractivity contribution is 14.0. The third-order valence-electron chi connectivity index (χ3n) is 5.08. The van der Waals surface area contributed by atoms with Crippen LogP contribution in [0.1, 0.15) is 38.7 Å². The molecule has 1 aliphatic rings. The molecule has 1 heterocycles. The molecule has 0 aromatic heterocycles. The molecule has 29 heavy (non-hydrogen) atoms. The molecule has 0 spiro atoms. The Balaban J connectivity index is 0.00000420. The molecule has 1 aliphatic heterocycles. The van der Waals surface area contributed by atoms with Gasteiger partial charge in [0, 0.05) is 19.6 Å². The molecule has 0 aliphatic carbocycles. The van der Waals surface area contributed by atoms with Gasteiger partial charge in [0.25, 0.3) is 0 Å². The van der Waals surface area contributed by atoms with E-state index in [0.717, 1.165) is 56.5 Å². The number of primary sulfonamides is 1. The van der Waals surface area contributed by atoms with Crippen molar-refractivity contribution in [1.29, 1.82) is 0 Å². The first kappa shape index (κ1) is 26.1. The van der Waals surface area contributed by atoms with Gasteiger partial charge in [-0.3, -0.25) is 4.99 Å². The van der Waals surface area contributed by atoms with Gasteiger partial charge in [-0.1, -0.05) is 19.1 Å². The Hall–Kier alpha value is -0.910. The highest BCUT2D eigenvalue weighted by atomic mass is 127. The van der Waals surface area contributed by atoms with E-state index in [1.807, 2.05) is 0 Å². The Bertz CT molecular complexity index is 717. The van der Waals surface area contributed by atoms with Gasteiger partial charge >= 0.3 is 0 Å². The maximum atomic E-state index is 11.3. The van der Waals surface area contributed by atoms with Crippen molar-refractivity contribution in [2.75, 3.05) is 39.3 Å². The van der Waals surface area contributed by atoms with E-state index in [4.69, 9.17) is 5.14 Å². The molecule has 0 amide bonds. The van der Waals surface area contributed by atoms with Crippen molar-refractivity contribution in [3.8, 4) is 0 Å². The molecule has 1 aromatic carbocycles.